The van der Waals surface area contributed by atoms with Crippen molar-refractivity contribution >= 4 is 0 Å². The lowest BCUT2D eigenvalue weighted by atomic mass is 10.0. The molecule has 0 aromatic carbocycles. The van der Waals surface area contributed by atoms with Crippen LogP contribution in [0.5, 0.6) is 0 Å². The molecule has 0 aliphatic heterocycles. The van der Waals surface area contributed by atoms with Crippen LogP contribution >= 0.6 is 0 Å². The smallest absolute Gasteiger partial charge is 0.377 e. The van der Waals surface area contributed by atoms with Gasteiger partial charge < -0.3 is 10.1 Å². The molecule has 1 N–H and O–H groups in total. The highest BCUT2D eigenvalue weighted by Crippen LogP contribution is 2.37. The van der Waals surface area contributed by atoms with Gasteiger partial charge in [0.25, 0.3) is 0 Å². The molecule has 5 heteroatoms. The summed E-state index contributed by atoms with van der Waals surface area (Å²) in [5.41, 5.74) is 0. The second-order valence-electron chi connectivity index (χ2n) is 4.31. The van der Waals surface area contributed by atoms with Crippen LogP contribution in [-0.4, -0.2) is 32.0 Å². The van der Waals surface area contributed by atoms with E-state index in [1.54, 1.807) is 7.05 Å². The molecule has 1 aliphatic rings. The quantitative estimate of drug-likeness (QED) is 0.737. The third-order valence-corrected chi connectivity index (χ3v) is 2.95. The molecule has 1 rings (SSSR count). The van der Waals surface area contributed by atoms with Gasteiger partial charge in [-0.05, 0) is 39.2 Å². The number of halogens is 3. The van der Waals surface area contributed by atoms with Crippen LogP contribution in [0.3, 0.4) is 0 Å². The van der Waals surface area contributed by atoms with Crippen molar-refractivity contribution in [2.45, 2.75) is 50.9 Å². The molecule has 0 heterocycles. The summed E-state index contributed by atoms with van der Waals surface area (Å²) in [6.07, 6.45) is -2.62. The van der Waals surface area contributed by atoms with Gasteiger partial charge in [-0.15, -0.1) is 0 Å². The lowest BCUT2D eigenvalue weighted by Crippen LogP contribution is -2.41. The van der Waals surface area contributed by atoms with E-state index in [9.17, 15) is 13.2 Å². The number of rotatable bonds is 7. The van der Waals surface area contributed by atoms with Crippen molar-refractivity contribution in [3.8, 4) is 0 Å². The monoisotopic (exact) mass is 239 g/mol. The van der Waals surface area contributed by atoms with E-state index in [4.69, 9.17) is 4.74 Å². The van der Waals surface area contributed by atoms with Gasteiger partial charge >= 0.3 is 6.18 Å². The Labute approximate surface area is 94.5 Å². The van der Waals surface area contributed by atoms with Gasteiger partial charge in [-0.25, -0.2) is 0 Å². The largest absolute Gasteiger partial charge is 0.389 e. The predicted octanol–water partition coefficient (Wildman–Crippen LogP) is 2.73. The Balaban J connectivity index is 2.43. The van der Waals surface area contributed by atoms with Gasteiger partial charge in [0.15, 0.2) is 0 Å². The van der Waals surface area contributed by atoms with Gasteiger partial charge in [0.2, 0.25) is 0 Å². The molecule has 1 fully saturated rings. The van der Waals surface area contributed by atoms with Crippen LogP contribution in [-0.2, 0) is 4.74 Å². The zero-order valence-electron chi connectivity index (χ0n) is 9.81. The fourth-order valence-corrected chi connectivity index (χ4v) is 1.99. The zero-order valence-corrected chi connectivity index (χ0v) is 9.81. The second kappa shape index (κ2) is 5.87. The Morgan fingerprint density at radius 2 is 2.00 bits per heavy atom. The molecule has 1 aliphatic carbocycles. The van der Waals surface area contributed by atoms with Crippen molar-refractivity contribution in [2.75, 3.05) is 13.7 Å². The van der Waals surface area contributed by atoms with E-state index in [-0.39, 0.29) is 18.6 Å². The van der Waals surface area contributed by atoms with Crippen LogP contribution in [0.15, 0.2) is 0 Å². The van der Waals surface area contributed by atoms with Gasteiger partial charge in [-0.2, -0.15) is 13.2 Å². The Bertz CT molecular complexity index is 204. The van der Waals surface area contributed by atoms with E-state index in [1.165, 1.54) is 0 Å². The number of nitrogens with one attached hydrogen (secondary N) is 1. The van der Waals surface area contributed by atoms with E-state index in [0.29, 0.717) is 12.5 Å². The highest BCUT2D eigenvalue weighted by atomic mass is 19.4. The maximum atomic E-state index is 12.1. The zero-order chi connectivity index (χ0) is 12.2. The Kier molecular flexibility index (Phi) is 5.05. The minimum absolute atomic E-state index is 0.0580. The van der Waals surface area contributed by atoms with Crippen LogP contribution in [0.25, 0.3) is 0 Å². The van der Waals surface area contributed by atoms with E-state index in [0.717, 1.165) is 12.8 Å². The summed E-state index contributed by atoms with van der Waals surface area (Å²) in [6, 6.07) is -0.186. The lowest BCUT2D eigenvalue weighted by molar-refractivity contribution is -0.138. The Hall–Kier alpha value is -0.290. The average Bonchev–Trinajstić information content (AvgIpc) is 2.98. The molecule has 2 atom stereocenters. The first kappa shape index (κ1) is 13.8. The molecule has 1 saturated carbocycles. The summed E-state index contributed by atoms with van der Waals surface area (Å²) in [7, 11) is 1.70. The second-order valence-corrected chi connectivity index (χ2v) is 4.31. The van der Waals surface area contributed by atoms with Gasteiger partial charge in [-0.1, -0.05) is 0 Å². The fourth-order valence-electron chi connectivity index (χ4n) is 1.99. The highest BCUT2D eigenvalue weighted by molar-refractivity contribution is 4.90. The lowest BCUT2D eigenvalue weighted by Gasteiger charge is -2.27. The number of alkyl halides is 3. The molecule has 0 aromatic heterocycles. The summed E-state index contributed by atoms with van der Waals surface area (Å²) in [4.78, 5) is 0. The van der Waals surface area contributed by atoms with Gasteiger partial charge in [0.1, 0.15) is 0 Å². The number of ether oxygens (including phenoxy) is 1. The van der Waals surface area contributed by atoms with E-state index in [1.807, 2.05) is 6.92 Å². The van der Waals surface area contributed by atoms with Crippen LogP contribution in [0.2, 0.25) is 0 Å². The minimum Gasteiger partial charge on any atom is -0.377 e. The Morgan fingerprint density at radius 3 is 2.38 bits per heavy atom. The first-order valence-corrected chi connectivity index (χ1v) is 5.83. The van der Waals surface area contributed by atoms with E-state index in [2.05, 4.69) is 5.32 Å². The van der Waals surface area contributed by atoms with Gasteiger partial charge in [-0.3, -0.25) is 0 Å². The fraction of sp³-hybridized carbons (Fsp3) is 1.00. The molecule has 16 heavy (non-hydrogen) atoms. The summed E-state index contributed by atoms with van der Waals surface area (Å²) in [5.74, 6) is 0.450. The summed E-state index contributed by atoms with van der Waals surface area (Å²) < 4.78 is 42.0. The van der Waals surface area contributed by atoms with Crippen LogP contribution in [0.1, 0.15) is 32.6 Å². The highest BCUT2D eigenvalue weighted by Gasteiger charge is 2.38. The predicted molar refractivity (Wildman–Crippen MR) is 56.3 cm³/mol. The Morgan fingerprint density at radius 1 is 1.38 bits per heavy atom. The van der Waals surface area contributed by atoms with E-state index < -0.39 is 12.6 Å². The molecule has 0 spiro atoms. The molecule has 96 valence electrons. The summed E-state index contributed by atoms with van der Waals surface area (Å²) in [6.45, 7) is 2.44. The standard InChI is InChI=1S/C11H20F3NO/c1-3-16-10(8-4-5-8)9(15-2)6-7-11(12,13)14/h8-10,15H,3-7H2,1-2H3. The molecule has 0 radical (unpaired) electrons. The molecule has 0 saturated heterocycles. The molecular formula is C11H20F3NO. The number of hydrogen-bond donors (Lipinski definition) is 1. The molecule has 0 bridgehead atoms. The molecule has 0 amide bonds. The molecular weight excluding hydrogens is 219 g/mol. The van der Waals surface area contributed by atoms with Crippen LogP contribution in [0.4, 0.5) is 13.2 Å². The first-order valence-electron chi connectivity index (χ1n) is 5.83. The van der Waals surface area contributed by atoms with Crippen molar-refractivity contribution in [3.05, 3.63) is 0 Å². The summed E-state index contributed by atoms with van der Waals surface area (Å²) in [5, 5.41) is 2.96. The van der Waals surface area contributed by atoms with Crippen molar-refractivity contribution in [3.63, 3.8) is 0 Å². The minimum atomic E-state index is -4.07. The third kappa shape index (κ3) is 4.70. The normalized spacial score (nSPS) is 20.8. The van der Waals surface area contributed by atoms with Crippen molar-refractivity contribution < 1.29 is 17.9 Å². The van der Waals surface area contributed by atoms with Gasteiger partial charge in [0.05, 0.1) is 6.10 Å². The SMILES string of the molecule is CCOC(C1CC1)C(CCC(F)(F)F)NC. The summed E-state index contributed by atoms with van der Waals surface area (Å²) >= 11 is 0. The van der Waals surface area contributed by atoms with Gasteiger partial charge in [0, 0.05) is 19.1 Å². The van der Waals surface area contributed by atoms with Crippen molar-refractivity contribution in [2.24, 2.45) is 5.92 Å². The molecule has 2 unspecified atom stereocenters. The van der Waals surface area contributed by atoms with Crippen molar-refractivity contribution in [1.82, 2.24) is 5.32 Å². The number of hydrogen-bond acceptors (Lipinski definition) is 2. The maximum absolute atomic E-state index is 12.1. The van der Waals surface area contributed by atoms with Crippen molar-refractivity contribution in [1.29, 1.82) is 0 Å². The van der Waals surface area contributed by atoms with Crippen LogP contribution in [0, 0.1) is 5.92 Å². The van der Waals surface area contributed by atoms with E-state index >= 15 is 0 Å². The maximum Gasteiger partial charge on any atom is 0.389 e. The van der Waals surface area contributed by atoms with Crippen LogP contribution < -0.4 is 5.32 Å². The first-order chi connectivity index (χ1) is 7.48. The topological polar surface area (TPSA) is 21.3 Å². The molecule has 2 nitrogen and oxygen atoms in total. The molecule has 0 aromatic rings. The number of likely N-dealkylation sites (N-methyl/N-ethyl adjacent to an activating group) is 1. The third-order valence-electron chi connectivity index (χ3n) is 2.95. The average molecular weight is 239 g/mol.